The van der Waals surface area contributed by atoms with Crippen LogP contribution < -0.4 is 14.9 Å². The first-order valence-electron chi connectivity index (χ1n) is 10.9. The SMILES string of the molecule is CNC(=O)[C@H]1CN(c2cc(S(=O)(=O)NC3(C)CC3)cc3c2ncn3-c2nnc(C(F)F)s2)CCO1. The Morgan fingerprint density at radius 3 is 2.74 bits per heavy atom. The highest BCUT2D eigenvalue weighted by Gasteiger charge is 2.41. The minimum Gasteiger partial charge on any atom is -0.365 e. The lowest BCUT2D eigenvalue weighted by atomic mass is 10.2. The summed E-state index contributed by atoms with van der Waals surface area (Å²) in [6.45, 7) is 2.67. The van der Waals surface area contributed by atoms with Crippen molar-refractivity contribution in [2.75, 3.05) is 31.6 Å². The number of anilines is 1. The maximum atomic E-state index is 13.3. The number of amides is 1. The summed E-state index contributed by atoms with van der Waals surface area (Å²) in [4.78, 5) is 18.5. The number of ether oxygens (including phenoxy) is 1. The van der Waals surface area contributed by atoms with Gasteiger partial charge in [0.15, 0.2) is 11.1 Å². The highest BCUT2D eigenvalue weighted by Crippen LogP contribution is 2.38. The first-order chi connectivity index (χ1) is 16.6. The number of likely N-dealkylation sites (N-methyl/N-ethyl adjacent to an activating group) is 1. The zero-order chi connectivity index (χ0) is 25.0. The third-order valence-corrected chi connectivity index (χ3v) is 8.61. The van der Waals surface area contributed by atoms with Crippen LogP contribution in [0.25, 0.3) is 16.2 Å². The largest absolute Gasteiger partial charge is 0.365 e. The van der Waals surface area contributed by atoms with E-state index in [-0.39, 0.29) is 29.1 Å². The standard InChI is InChI=1S/C20H23F2N7O4S2/c1-20(3-4-20)27-35(31,32)11-7-12(28-5-6-33-14(9-28)17(30)23-2)15-13(8-11)29(10-24-15)19-26-25-18(34-19)16(21)22/h7-8,10,14,16,27H,3-6,9H2,1-2H3,(H,23,30)/t14-/m1/s1. The number of nitrogens with one attached hydrogen (secondary N) is 2. The van der Waals surface area contributed by atoms with Gasteiger partial charge in [0.1, 0.15) is 11.8 Å². The summed E-state index contributed by atoms with van der Waals surface area (Å²) >= 11 is 0.695. The van der Waals surface area contributed by atoms with Gasteiger partial charge in [0.25, 0.3) is 12.3 Å². The number of morpholine rings is 1. The molecular formula is C20H23F2N7O4S2. The number of halogens is 2. The third-order valence-electron chi connectivity index (χ3n) is 6.06. The monoisotopic (exact) mass is 527 g/mol. The molecule has 2 N–H and O–H groups in total. The summed E-state index contributed by atoms with van der Waals surface area (Å²) in [5.74, 6) is -0.294. The van der Waals surface area contributed by atoms with Crippen LogP contribution in [-0.2, 0) is 19.6 Å². The Kier molecular flexibility index (Phi) is 5.97. The van der Waals surface area contributed by atoms with Crippen LogP contribution in [0.2, 0.25) is 0 Å². The number of sulfonamides is 1. The van der Waals surface area contributed by atoms with E-state index in [2.05, 4.69) is 25.2 Å². The molecule has 1 amide bonds. The molecule has 2 aliphatic rings. The van der Waals surface area contributed by atoms with Crippen molar-refractivity contribution in [2.24, 2.45) is 0 Å². The van der Waals surface area contributed by atoms with E-state index in [9.17, 15) is 22.0 Å². The molecule has 0 radical (unpaired) electrons. The number of hydrogen-bond donors (Lipinski definition) is 2. The number of fused-ring (bicyclic) bond motifs is 1. The molecule has 3 aromatic rings. The average Bonchev–Trinajstić information content (AvgIpc) is 3.21. The lowest BCUT2D eigenvalue weighted by Gasteiger charge is -2.34. The average molecular weight is 528 g/mol. The molecule has 1 atom stereocenters. The number of carbonyl (C=O) groups excluding carboxylic acids is 1. The van der Waals surface area contributed by atoms with E-state index in [0.717, 1.165) is 12.8 Å². The second kappa shape index (κ2) is 8.72. The van der Waals surface area contributed by atoms with Crippen LogP contribution in [0.4, 0.5) is 14.5 Å². The molecule has 1 aromatic carbocycles. The maximum absolute atomic E-state index is 13.3. The van der Waals surface area contributed by atoms with Crippen molar-refractivity contribution in [3.8, 4) is 5.13 Å². The Hall–Kier alpha value is -2.75. The smallest absolute Gasteiger partial charge is 0.291 e. The molecule has 1 aliphatic heterocycles. The molecule has 2 aromatic heterocycles. The highest BCUT2D eigenvalue weighted by molar-refractivity contribution is 7.89. The van der Waals surface area contributed by atoms with Crippen molar-refractivity contribution < 1.29 is 26.7 Å². The van der Waals surface area contributed by atoms with E-state index in [1.807, 2.05) is 11.8 Å². The zero-order valence-electron chi connectivity index (χ0n) is 18.9. The van der Waals surface area contributed by atoms with Gasteiger partial charge in [-0.05, 0) is 31.9 Å². The molecule has 35 heavy (non-hydrogen) atoms. The van der Waals surface area contributed by atoms with Crippen molar-refractivity contribution >= 4 is 44.0 Å². The zero-order valence-corrected chi connectivity index (χ0v) is 20.5. The van der Waals surface area contributed by atoms with E-state index < -0.39 is 33.1 Å². The van der Waals surface area contributed by atoms with Gasteiger partial charge in [-0.25, -0.2) is 26.9 Å². The first kappa shape index (κ1) is 24.0. The summed E-state index contributed by atoms with van der Waals surface area (Å²) in [5.41, 5.74) is 0.790. The summed E-state index contributed by atoms with van der Waals surface area (Å²) < 4.78 is 62.5. The van der Waals surface area contributed by atoms with Crippen LogP contribution >= 0.6 is 11.3 Å². The molecule has 11 nitrogen and oxygen atoms in total. The predicted molar refractivity (Wildman–Crippen MR) is 123 cm³/mol. The fourth-order valence-electron chi connectivity index (χ4n) is 3.89. The van der Waals surface area contributed by atoms with Gasteiger partial charge >= 0.3 is 0 Å². The molecule has 0 bridgehead atoms. The maximum Gasteiger partial charge on any atom is 0.291 e. The van der Waals surface area contributed by atoms with Gasteiger partial charge < -0.3 is 15.0 Å². The molecule has 3 heterocycles. The molecule has 188 valence electrons. The molecular weight excluding hydrogens is 504 g/mol. The lowest BCUT2D eigenvalue weighted by molar-refractivity contribution is -0.132. The first-order valence-corrected chi connectivity index (χ1v) is 13.2. The summed E-state index contributed by atoms with van der Waals surface area (Å²) in [5, 5.41) is 9.61. The molecule has 1 saturated heterocycles. The molecule has 1 aliphatic carbocycles. The Morgan fingerprint density at radius 2 is 2.09 bits per heavy atom. The lowest BCUT2D eigenvalue weighted by Crippen LogP contribution is -2.49. The molecule has 2 fully saturated rings. The number of rotatable bonds is 7. The fraction of sp³-hybridized carbons (Fsp3) is 0.500. The van der Waals surface area contributed by atoms with Gasteiger partial charge in [-0.15, -0.1) is 10.2 Å². The van der Waals surface area contributed by atoms with E-state index in [4.69, 9.17) is 4.74 Å². The second-order valence-electron chi connectivity index (χ2n) is 8.73. The van der Waals surface area contributed by atoms with E-state index in [1.165, 1.54) is 30.1 Å². The number of benzene rings is 1. The minimum atomic E-state index is -3.91. The van der Waals surface area contributed by atoms with Gasteiger partial charge in [-0.3, -0.25) is 9.36 Å². The van der Waals surface area contributed by atoms with Gasteiger partial charge in [0.2, 0.25) is 15.2 Å². The second-order valence-corrected chi connectivity index (χ2v) is 11.4. The van der Waals surface area contributed by atoms with Crippen LogP contribution in [-0.4, -0.2) is 72.5 Å². The quantitative estimate of drug-likeness (QED) is 0.474. The molecule has 1 saturated carbocycles. The predicted octanol–water partition coefficient (Wildman–Crippen LogP) is 1.60. The highest BCUT2D eigenvalue weighted by atomic mass is 32.2. The van der Waals surface area contributed by atoms with Crippen molar-refractivity contribution in [3.05, 3.63) is 23.5 Å². The fourth-order valence-corrected chi connectivity index (χ4v) is 6.08. The topological polar surface area (TPSA) is 131 Å². The van der Waals surface area contributed by atoms with E-state index >= 15 is 0 Å². The Morgan fingerprint density at radius 1 is 1.31 bits per heavy atom. The van der Waals surface area contributed by atoms with Crippen molar-refractivity contribution in [3.63, 3.8) is 0 Å². The molecule has 0 spiro atoms. The summed E-state index contributed by atoms with van der Waals surface area (Å²) in [7, 11) is -2.40. The number of carbonyl (C=O) groups is 1. The van der Waals surface area contributed by atoms with Crippen LogP contribution in [0.3, 0.4) is 0 Å². The minimum absolute atomic E-state index is 0.00328. The Labute approximate surface area is 203 Å². The van der Waals surface area contributed by atoms with Crippen LogP contribution in [0.15, 0.2) is 23.4 Å². The van der Waals surface area contributed by atoms with Crippen LogP contribution in [0.1, 0.15) is 31.2 Å². The van der Waals surface area contributed by atoms with Crippen LogP contribution in [0, 0.1) is 0 Å². The summed E-state index contributed by atoms with van der Waals surface area (Å²) in [6, 6.07) is 2.96. The third kappa shape index (κ3) is 4.60. The molecule has 15 heteroatoms. The Bertz CT molecular complexity index is 1390. The van der Waals surface area contributed by atoms with Gasteiger partial charge in [0, 0.05) is 19.1 Å². The number of aromatic nitrogens is 4. The normalized spacial score (nSPS) is 19.9. The van der Waals surface area contributed by atoms with Crippen LogP contribution in [0.5, 0.6) is 0 Å². The summed E-state index contributed by atoms with van der Waals surface area (Å²) in [6.07, 6.45) is -0.658. The van der Waals surface area contributed by atoms with Gasteiger partial charge in [0.05, 0.1) is 29.3 Å². The number of alkyl halides is 2. The van der Waals surface area contributed by atoms with Crippen molar-refractivity contribution in [2.45, 2.75) is 42.7 Å². The van der Waals surface area contributed by atoms with Crippen molar-refractivity contribution in [1.82, 2.24) is 29.8 Å². The number of hydrogen-bond acceptors (Lipinski definition) is 9. The molecule has 0 unspecified atom stereocenters. The van der Waals surface area contributed by atoms with E-state index in [0.29, 0.717) is 34.6 Å². The van der Waals surface area contributed by atoms with Gasteiger partial charge in [-0.2, -0.15) is 0 Å². The number of imidazole rings is 1. The van der Waals surface area contributed by atoms with Gasteiger partial charge in [-0.1, -0.05) is 11.3 Å². The molecule has 5 rings (SSSR count). The van der Waals surface area contributed by atoms with E-state index in [1.54, 1.807) is 0 Å². The Balaban J connectivity index is 1.63. The van der Waals surface area contributed by atoms with Crippen molar-refractivity contribution in [1.29, 1.82) is 0 Å². The number of nitrogens with zero attached hydrogens (tertiary/aromatic N) is 5.